The zero-order valence-electron chi connectivity index (χ0n) is 20.8. The summed E-state index contributed by atoms with van der Waals surface area (Å²) in [6.07, 6.45) is 0.180. The lowest BCUT2D eigenvalue weighted by molar-refractivity contribution is -0.145. The van der Waals surface area contributed by atoms with Crippen molar-refractivity contribution in [1.29, 1.82) is 0 Å². The number of hydrogen-bond acceptors (Lipinski definition) is 6. The molecule has 190 valence electrons. The van der Waals surface area contributed by atoms with Crippen LogP contribution in [0.4, 0.5) is 4.79 Å². The average molecular weight is 504 g/mol. The highest BCUT2D eigenvalue weighted by molar-refractivity contribution is 6.30. The van der Waals surface area contributed by atoms with Gasteiger partial charge in [0.2, 0.25) is 0 Å². The van der Waals surface area contributed by atoms with Gasteiger partial charge < -0.3 is 24.2 Å². The molecule has 2 aromatic rings. The van der Waals surface area contributed by atoms with E-state index in [0.29, 0.717) is 29.5 Å². The third-order valence-corrected chi connectivity index (χ3v) is 5.85. The summed E-state index contributed by atoms with van der Waals surface area (Å²) < 4.78 is 16.1. The van der Waals surface area contributed by atoms with Crippen molar-refractivity contribution in [1.82, 2.24) is 4.90 Å². The van der Waals surface area contributed by atoms with Crippen molar-refractivity contribution in [3.05, 3.63) is 64.2 Å². The predicted octanol–water partition coefficient (Wildman–Crippen LogP) is 4.97. The maximum absolute atomic E-state index is 13.0. The fourth-order valence-electron chi connectivity index (χ4n) is 4.14. The van der Waals surface area contributed by atoms with Gasteiger partial charge in [-0.2, -0.15) is 0 Å². The number of aliphatic hydroxyl groups is 1. The SMILES string of the molecule is CCOC(=O)COc1ccc2c(c1)CC(CN(CC(O)c1cccc(Cl)c1)C(=O)OC(C)(C)C)C2. The van der Waals surface area contributed by atoms with Crippen molar-refractivity contribution >= 4 is 23.7 Å². The van der Waals surface area contributed by atoms with E-state index in [1.807, 2.05) is 39.0 Å². The summed E-state index contributed by atoms with van der Waals surface area (Å²) in [5, 5.41) is 11.4. The lowest BCUT2D eigenvalue weighted by atomic mass is 10.0. The minimum Gasteiger partial charge on any atom is -0.482 e. The maximum Gasteiger partial charge on any atom is 0.410 e. The number of amides is 1. The zero-order valence-corrected chi connectivity index (χ0v) is 21.5. The first kappa shape index (κ1) is 26.8. The van der Waals surface area contributed by atoms with E-state index in [-0.39, 0.29) is 19.1 Å². The van der Waals surface area contributed by atoms with Gasteiger partial charge in [-0.1, -0.05) is 29.8 Å². The van der Waals surface area contributed by atoms with E-state index in [1.165, 1.54) is 5.56 Å². The lowest BCUT2D eigenvalue weighted by Gasteiger charge is -2.30. The zero-order chi connectivity index (χ0) is 25.6. The summed E-state index contributed by atoms with van der Waals surface area (Å²) >= 11 is 6.08. The summed E-state index contributed by atoms with van der Waals surface area (Å²) in [5.41, 5.74) is 2.29. The van der Waals surface area contributed by atoms with Gasteiger partial charge in [-0.25, -0.2) is 9.59 Å². The van der Waals surface area contributed by atoms with E-state index >= 15 is 0 Å². The van der Waals surface area contributed by atoms with E-state index in [0.717, 1.165) is 18.4 Å². The summed E-state index contributed by atoms with van der Waals surface area (Å²) in [5.74, 6) is 0.361. The Labute approximate surface area is 211 Å². The molecule has 2 unspecified atom stereocenters. The first-order valence-electron chi connectivity index (χ1n) is 11.9. The van der Waals surface area contributed by atoms with Gasteiger partial charge in [0.1, 0.15) is 11.4 Å². The first-order valence-corrected chi connectivity index (χ1v) is 12.2. The fourth-order valence-corrected chi connectivity index (χ4v) is 4.34. The first-order chi connectivity index (χ1) is 16.5. The van der Waals surface area contributed by atoms with Gasteiger partial charge >= 0.3 is 12.1 Å². The fraction of sp³-hybridized carbons (Fsp3) is 0.481. The van der Waals surface area contributed by atoms with Crippen LogP contribution in [-0.4, -0.2) is 54.0 Å². The third-order valence-electron chi connectivity index (χ3n) is 5.61. The molecule has 2 aromatic carbocycles. The Morgan fingerprint density at radius 2 is 1.89 bits per heavy atom. The van der Waals surface area contributed by atoms with Gasteiger partial charge in [-0.15, -0.1) is 0 Å². The van der Waals surface area contributed by atoms with Crippen LogP contribution < -0.4 is 4.74 Å². The van der Waals surface area contributed by atoms with E-state index in [2.05, 4.69) is 0 Å². The molecule has 7 nitrogen and oxygen atoms in total. The molecule has 0 aliphatic heterocycles. The van der Waals surface area contributed by atoms with Crippen molar-refractivity contribution < 1.29 is 28.9 Å². The monoisotopic (exact) mass is 503 g/mol. The molecule has 1 amide bonds. The maximum atomic E-state index is 13.0. The highest BCUT2D eigenvalue weighted by Crippen LogP contribution is 2.31. The van der Waals surface area contributed by atoms with E-state index in [1.54, 1.807) is 36.1 Å². The molecule has 0 spiro atoms. The summed E-state index contributed by atoms with van der Waals surface area (Å²) in [4.78, 5) is 26.2. The molecule has 0 saturated carbocycles. The standard InChI is InChI=1S/C27H34ClNO6/c1-5-33-25(31)17-34-23-10-9-19-11-18(12-21(19)14-23)15-29(26(32)35-27(2,3)4)16-24(30)20-7-6-8-22(28)13-20/h6-10,13-14,18,24,30H,5,11-12,15-17H2,1-4H3. The number of carbonyl (C=O) groups excluding carboxylic acids is 2. The molecule has 2 atom stereocenters. The number of aliphatic hydroxyl groups excluding tert-OH is 1. The Balaban J connectivity index is 1.68. The second-order valence-corrected chi connectivity index (χ2v) is 10.2. The average Bonchev–Trinajstić information content (AvgIpc) is 3.18. The number of nitrogens with zero attached hydrogens (tertiary/aromatic N) is 1. The van der Waals surface area contributed by atoms with Crippen LogP contribution in [0, 0.1) is 5.92 Å². The van der Waals surface area contributed by atoms with Gasteiger partial charge in [0, 0.05) is 11.6 Å². The highest BCUT2D eigenvalue weighted by Gasteiger charge is 2.30. The van der Waals surface area contributed by atoms with Gasteiger partial charge in [-0.3, -0.25) is 0 Å². The van der Waals surface area contributed by atoms with Crippen molar-refractivity contribution in [2.24, 2.45) is 5.92 Å². The van der Waals surface area contributed by atoms with Crippen molar-refractivity contribution in [2.75, 3.05) is 26.3 Å². The smallest absolute Gasteiger partial charge is 0.410 e. The van der Waals surface area contributed by atoms with Gasteiger partial charge in [0.25, 0.3) is 0 Å². The highest BCUT2D eigenvalue weighted by atomic mass is 35.5. The Kier molecular flexibility index (Phi) is 9.03. The molecule has 35 heavy (non-hydrogen) atoms. The van der Waals surface area contributed by atoms with Crippen LogP contribution in [-0.2, 0) is 27.1 Å². The Hall–Kier alpha value is -2.77. The van der Waals surface area contributed by atoms with E-state index < -0.39 is 23.8 Å². The molecule has 0 saturated heterocycles. The summed E-state index contributed by atoms with van der Waals surface area (Å²) in [6.45, 7) is 7.91. The minimum atomic E-state index is -0.895. The van der Waals surface area contributed by atoms with Crippen LogP contribution in [0.5, 0.6) is 5.75 Å². The molecule has 1 aliphatic rings. The topological polar surface area (TPSA) is 85.3 Å². The molecule has 1 aliphatic carbocycles. The van der Waals surface area contributed by atoms with E-state index in [9.17, 15) is 14.7 Å². The van der Waals surface area contributed by atoms with Gasteiger partial charge in [-0.05, 0) is 87.4 Å². The quantitative estimate of drug-likeness (QED) is 0.486. The summed E-state index contributed by atoms with van der Waals surface area (Å²) in [7, 11) is 0. The lowest BCUT2D eigenvalue weighted by Crippen LogP contribution is -2.42. The molecule has 1 N–H and O–H groups in total. The van der Waals surface area contributed by atoms with Crippen LogP contribution >= 0.6 is 11.6 Å². The Bertz CT molecular complexity index is 1030. The Morgan fingerprint density at radius 1 is 1.14 bits per heavy atom. The van der Waals surface area contributed by atoms with Crippen LogP contribution in [0.2, 0.25) is 5.02 Å². The third kappa shape index (κ3) is 8.15. The normalized spacial score (nSPS) is 15.8. The summed E-state index contributed by atoms with van der Waals surface area (Å²) in [6, 6.07) is 12.8. The van der Waals surface area contributed by atoms with E-state index in [4.69, 9.17) is 25.8 Å². The van der Waals surface area contributed by atoms with Crippen LogP contribution in [0.3, 0.4) is 0 Å². The largest absolute Gasteiger partial charge is 0.482 e. The number of carbonyl (C=O) groups is 2. The molecule has 0 fully saturated rings. The number of hydrogen-bond donors (Lipinski definition) is 1. The molecule has 0 aromatic heterocycles. The number of benzene rings is 2. The molecular formula is C27H34ClNO6. The van der Waals surface area contributed by atoms with Crippen LogP contribution in [0.25, 0.3) is 0 Å². The number of ether oxygens (including phenoxy) is 3. The van der Waals surface area contributed by atoms with Crippen molar-refractivity contribution in [2.45, 2.75) is 52.2 Å². The number of rotatable bonds is 9. The molecule has 0 heterocycles. The predicted molar refractivity (Wildman–Crippen MR) is 134 cm³/mol. The second-order valence-electron chi connectivity index (χ2n) is 9.75. The number of halogens is 1. The van der Waals surface area contributed by atoms with Gasteiger partial charge in [0.05, 0.1) is 19.3 Å². The molecular weight excluding hydrogens is 470 g/mol. The van der Waals surface area contributed by atoms with Crippen LogP contribution in [0.1, 0.15) is 50.5 Å². The minimum absolute atomic E-state index is 0.0933. The molecule has 0 radical (unpaired) electrons. The van der Waals surface area contributed by atoms with Crippen molar-refractivity contribution in [3.63, 3.8) is 0 Å². The molecule has 8 heteroatoms. The van der Waals surface area contributed by atoms with Gasteiger partial charge in [0.15, 0.2) is 6.61 Å². The Morgan fingerprint density at radius 3 is 2.57 bits per heavy atom. The van der Waals surface area contributed by atoms with Crippen LogP contribution in [0.15, 0.2) is 42.5 Å². The molecule has 3 rings (SSSR count). The molecule has 0 bridgehead atoms. The number of esters is 1. The second kappa shape index (κ2) is 11.8. The number of fused-ring (bicyclic) bond motifs is 1. The van der Waals surface area contributed by atoms with Crippen molar-refractivity contribution in [3.8, 4) is 5.75 Å².